The van der Waals surface area contributed by atoms with Gasteiger partial charge in [-0.15, -0.1) is 11.8 Å². The predicted octanol–water partition coefficient (Wildman–Crippen LogP) is 3.63. The summed E-state index contributed by atoms with van der Waals surface area (Å²) in [5, 5.41) is 0.433. The molecule has 0 atom stereocenters. The van der Waals surface area contributed by atoms with Gasteiger partial charge in [-0.05, 0) is 48.3 Å². The fraction of sp³-hybridized carbons (Fsp3) is 0.111. The van der Waals surface area contributed by atoms with Crippen LogP contribution in [0.2, 0.25) is 0 Å². The van der Waals surface area contributed by atoms with Crippen molar-refractivity contribution in [2.75, 3.05) is 18.3 Å². The van der Waals surface area contributed by atoms with Crippen LogP contribution in [0.25, 0.3) is 0 Å². The molecule has 2 aromatic rings. The van der Waals surface area contributed by atoms with Gasteiger partial charge in [-0.2, -0.15) is 0 Å². The summed E-state index contributed by atoms with van der Waals surface area (Å²) in [5.74, 6) is -0.431. The van der Waals surface area contributed by atoms with Crippen LogP contribution in [0.4, 0.5) is 11.5 Å². The zero-order valence-corrected chi connectivity index (χ0v) is 15.7. The number of ether oxygens (including phenoxy) is 1. The molecule has 0 saturated carbocycles. The molecular formula is C18H15N3O3S2. The molecular weight excluding hydrogens is 370 g/mol. The first-order valence-corrected chi connectivity index (χ1v) is 9.62. The number of carbonyl (C=O) groups excluding carboxylic acids is 2. The molecule has 0 spiro atoms. The average molecular weight is 385 g/mol. The summed E-state index contributed by atoms with van der Waals surface area (Å²) in [6, 6.07) is 12.9. The standard InChI is InChI=1S/C18H15N3O3S2/c1-24-16(22)11-14-17(23)21(12-6-5-7-13(10-12)25-2)18(26-14)20-15-8-3-4-9-19-15/h3-11H,1-2H3/b14-11+,20-18-. The van der Waals surface area contributed by atoms with Crippen LogP contribution in [0.15, 0.2) is 69.5 Å². The van der Waals surface area contributed by atoms with Crippen LogP contribution in [0, 0.1) is 0 Å². The second-order valence-corrected chi connectivity index (χ2v) is 6.95. The van der Waals surface area contributed by atoms with Crippen LogP contribution >= 0.6 is 23.5 Å². The topological polar surface area (TPSA) is 71.9 Å². The van der Waals surface area contributed by atoms with Gasteiger partial charge in [0.05, 0.1) is 17.7 Å². The maximum absolute atomic E-state index is 12.9. The maximum Gasteiger partial charge on any atom is 0.331 e. The minimum absolute atomic E-state index is 0.251. The zero-order valence-electron chi connectivity index (χ0n) is 14.1. The Bertz CT molecular complexity index is 898. The van der Waals surface area contributed by atoms with Gasteiger partial charge >= 0.3 is 5.97 Å². The Morgan fingerprint density at radius 1 is 1.31 bits per heavy atom. The van der Waals surface area contributed by atoms with E-state index in [1.165, 1.54) is 18.1 Å². The van der Waals surface area contributed by atoms with Crippen LogP contribution in [0.3, 0.4) is 0 Å². The smallest absolute Gasteiger partial charge is 0.331 e. The van der Waals surface area contributed by atoms with Crippen molar-refractivity contribution in [3.05, 3.63) is 59.6 Å². The lowest BCUT2D eigenvalue weighted by Crippen LogP contribution is -2.28. The van der Waals surface area contributed by atoms with Crippen molar-refractivity contribution >= 4 is 52.1 Å². The molecule has 1 amide bonds. The van der Waals surface area contributed by atoms with E-state index in [2.05, 4.69) is 14.7 Å². The largest absolute Gasteiger partial charge is 0.466 e. The van der Waals surface area contributed by atoms with Crippen molar-refractivity contribution in [2.24, 2.45) is 4.99 Å². The van der Waals surface area contributed by atoms with Gasteiger partial charge in [0.2, 0.25) is 0 Å². The number of esters is 1. The lowest BCUT2D eigenvalue weighted by atomic mass is 10.3. The number of methoxy groups -OCH3 is 1. The summed E-state index contributed by atoms with van der Waals surface area (Å²) in [4.78, 5) is 35.9. The van der Waals surface area contributed by atoms with Crippen molar-refractivity contribution < 1.29 is 14.3 Å². The highest BCUT2D eigenvalue weighted by Crippen LogP contribution is 2.36. The Balaban J connectivity index is 2.06. The summed E-state index contributed by atoms with van der Waals surface area (Å²) in [6.45, 7) is 0. The summed E-state index contributed by atoms with van der Waals surface area (Å²) >= 11 is 2.69. The molecule has 1 aromatic carbocycles. The number of aromatic nitrogens is 1. The molecule has 0 bridgehead atoms. The molecule has 1 saturated heterocycles. The molecule has 0 radical (unpaired) electrons. The fourth-order valence-electron chi connectivity index (χ4n) is 2.21. The average Bonchev–Trinajstić information content (AvgIpc) is 2.97. The zero-order chi connectivity index (χ0) is 18.5. The Labute approximate surface area is 159 Å². The first-order valence-electron chi connectivity index (χ1n) is 7.58. The number of hydrogen-bond donors (Lipinski definition) is 0. The summed E-state index contributed by atoms with van der Waals surface area (Å²) in [5.41, 5.74) is 0.678. The molecule has 0 unspecified atom stereocenters. The van der Waals surface area contributed by atoms with Gasteiger partial charge in [0.1, 0.15) is 0 Å². The van der Waals surface area contributed by atoms with E-state index in [9.17, 15) is 9.59 Å². The van der Waals surface area contributed by atoms with E-state index in [0.717, 1.165) is 16.7 Å². The van der Waals surface area contributed by atoms with E-state index in [1.807, 2.05) is 36.6 Å². The van der Waals surface area contributed by atoms with Crippen LogP contribution in [0.5, 0.6) is 0 Å². The molecule has 1 aliphatic heterocycles. The SMILES string of the molecule is COC(=O)/C=C1/S/C(=N\c2ccccn2)N(c2cccc(SC)c2)C1=O. The quantitative estimate of drug-likeness (QED) is 0.455. The number of thioether (sulfide) groups is 2. The molecule has 1 fully saturated rings. The van der Waals surface area contributed by atoms with Gasteiger partial charge < -0.3 is 4.74 Å². The second kappa shape index (κ2) is 8.20. The van der Waals surface area contributed by atoms with Crippen LogP contribution in [0.1, 0.15) is 0 Å². The third-order valence-electron chi connectivity index (χ3n) is 3.43. The Hall–Kier alpha value is -2.58. The number of anilines is 1. The van der Waals surface area contributed by atoms with E-state index in [-0.39, 0.29) is 10.8 Å². The van der Waals surface area contributed by atoms with Gasteiger partial charge in [0, 0.05) is 17.2 Å². The van der Waals surface area contributed by atoms with Crippen LogP contribution < -0.4 is 4.90 Å². The summed E-state index contributed by atoms with van der Waals surface area (Å²) in [6.07, 6.45) is 4.77. The second-order valence-electron chi connectivity index (χ2n) is 5.06. The highest BCUT2D eigenvalue weighted by molar-refractivity contribution is 8.19. The minimum Gasteiger partial charge on any atom is -0.466 e. The van der Waals surface area contributed by atoms with Gasteiger partial charge in [-0.1, -0.05) is 12.1 Å². The normalized spacial score (nSPS) is 17.2. The van der Waals surface area contributed by atoms with Crippen molar-refractivity contribution in [1.29, 1.82) is 0 Å². The number of amidine groups is 1. The van der Waals surface area contributed by atoms with Crippen molar-refractivity contribution in [3.63, 3.8) is 0 Å². The Kier molecular flexibility index (Phi) is 5.75. The highest BCUT2D eigenvalue weighted by Gasteiger charge is 2.35. The molecule has 26 heavy (non-hydrogen) atoms. The van der Waals surface area contributed by atoms with Gasteiger partial charge in [-0.3, -0.25) is 9.69 Å². The molecule has 1 aromatic heterocycles. The first kappa shape index (κ1) is 18.2. The fourth-order valence-corrected chi connectivity index (χ4v) is 3.61. The molecule has 0 aliphatic carbocycles. The number of rotatable bonds is 4. The van der Waals surface area contributed by atoms with Gasteiger partial charge in [0.25, 0.3) is 5.91 Å². The molecule has 1 aliphatic rings. The molecule has 6 nitrogen and oxygen atoms in total. The summed E-state index contributed by atoms with van der Waals surface area (Å²) < 4.78 is 4.64. The first-order chi connectivity index (χ1) is 12.6. The molecule has 8 heteroatoms. The Morgan fingerprint density at radius 3 is 2.85 bits per heavy atom. The number of benzene rings is 1. The van der Waals surface area contributed by atoms with Crippen molar-refractivity contribution in [1.82, 2.24) is 4.98 Å². The molecule has 132 valence electrons. The van der Waals surface area contributed by atoms with E-state index in [4.69, 9.17) is 0 Å². The molecule has 2 heterocycles. The highest BCUT2D eigenvalue weighted by atomic mass is 32.2. The van der Waals surface area contributed by atoms with E-state index < -0.39 is 5.97 Å². The number of aliphatic imine (C=N–C) groups is 1. The van der Waals surface area contributed by atoms with Crippen LogP contribution in [-0.4, -0.2) is 35.4 Å². The van der Waals surface area contributed by atoms with E-state index in [0.29, 0.717) is 16.7 Å². The van der Waals surface area contributed by atoms with E-state index >= 15 is 0 Å². The van der Waals surface area contributed by atoms with Crippen molar-refractivity contribution in [3.8, 4) is 0 Å². The number of pyridine rings is 1. The van der Waals surface area contributed by atoms with E-state index in [1.54, 1.807) is 30.1 Å². The molecule has 0 N–H and O–H groups in total. The minimum atomic E-state index is -0.585. The maximum atomic E-state index is 12.9. The Morgan fingerprint density at radius 2 is 2.15 bits per heavy atom. The monoisotopic (exact) mass is 385 g/mol. The third-order valence-corrected chi connectivity index (χ3v) is 5.12. The predicted molar refractivity (Wildman–Crippen MR) is 105 cm³/mol. The van der Waals surface area contributed by atoms with Crippen molar-refractivity contribution in [2.45, 2.75) is 4.90 Å². The van der Waals surface area contributed by atoms with Gasteiger partial charge in [-0.25, -0.2) is 14.8 Å². The number of amides is 1. The number of nitrogens with zero attached hydrogens (tertiary/aromatic N) is 3. The van der Waals surface area contributed by atoms with Crippen LogP contribution in [-0.2, 0) is 14.3 Å². The van der Waals surface area contributed by atoms with Gasteiger partial charge in [0.15, 0.2) is 11.0 Å². The lowest BCUT2D eigenvalue weighted by molar-refractivity contribution is -0.135. The molecule has 3 rings (SSSR count). The number of carbonyl (C=O) groups is 2. The lowest BCUT2D eigenvalue weighted by Gasteiger charge is -2.16. The third kappa shape index (κ3) is 3.97. The summed E-state index contributed by atoms with van der Waals surface area (Å²) in [7, 11) is 1.27. The number of hydrogen-bond acceptors (Lipinski definition) is 7.